The standard InChI is InChI=1S/C9H16O3/c1-4-6-7(8(10)11)9(3,12)5-2/h5,7,12H,2,4,6H2,1,3H3,(H,10,11)/t7?,9-/m0/s1. The fourth-order valence-electron chi connectivity index (χ4n) is 1.10. The average Bonchev–Trinajstić information content (AvgIpc) is 1.99. The van der Waals surface area contributed by atoms with Crippen molar-refractivity contribution in [3.63, 3.8) is 0 Å². The molecular weight excluding hydrogens is 156 g/mol. The van der Waals surface area contributed by atoms with Crippen molar-refractivity contribution in [1.29, 1.82) is 0 Å². The Hall–Kier alpha value is -0.830. The first kappa shape index (κ1) is 11.2. The van der Waals surface area contributed by atoms with Gasteiger partial charge in [0.05, 0.1) is 11.5 Å². The first-order chi connectivity index (χ1) is 5.45. The van der Waals surface area contributed by atoms with Crippen LogP contribution in [0.25, 0.3) is 0 Å². The molecule has 0 rings (SSSR count). The highest BCUT2D eigenvalue weighted by molar-refractivity contribution is 5.71. The van der Waals surface area contributed by atoms with Crippen LogP contribution in [-0.2, 0) is 4.79 Å². The Bertz CT molecular complexity index is 173. The molecule has 0 aromatic carbocycles. The summed E-state index contributed by atoms with van der Waals surface area (Å²) in [6.45, 7) is 6.76. The van der Waals surface area contributed by atoms with Gasteiger partial charge in [0.1, 0.15) is 0 Å². The van der Waals surface area contributed by atoms with Crippen molar-refractivity contribution >= 4 is 5.97 Å². The number of rotatable bonds is 5. The molecule has 0 fully saturated rings. The fourth-order valence-corrected chi connectivity index (χ4v) is 1.10. The van der Waals surface area contributed by atoms with Crippen molar-refractivity contribution in [2.75, 3.05) is 0 Å². The van der Waals surface area contributed by atoms with Gasteiger partial charge in [0.2, 0.25) is 0 Å². The molecule has 3 heteroatoms. The summed E-state index contributed by atoms with van der Waals surface area (Å²) in [4.78, 5) is 10.7. The molecule has 1 unspecified atom stereocenters. The van der Waals surface area contributed by atoms with Gasteiger partial charge in [-0.15, -0.1) is 6.58 Å². The number of carbonyl (C=O) groups is 1. The largest absolute Gasteiger partial charge is 0.481 e. The van der Waals surface area contributed by atoms with E-state index in [1.165, 1.54) is 13.0 Å². The van der Waals surface area contributed by atoms with E-state index in [2.05, 4.69) is 6.58 Å². The minimum atomic E-state index is -1.30. The predicted octanol–water partition coefficient (Wildman–Crippen LogP) is 1.42. The van der Waals surface area contributed by atoms with Crippen molar-refractivity contribution < 1.29 is 15.0 Å². The van der Waals surface area contributed by atoms with Crippen LogP contribution in [0.3, 0.4) is 0 Å². The van der Waals surface area contributed by atoms with Crippen molar-refractivity contribution in [2.45, 2.75) is 32.3 Å². The normalized spacial score (nSPS) is 17.9. The van der Waals surface area contributed by atoms with E-state index in [1.54, 1.807) is 0 Å². The van der Waals surface area contributed by atoms with Crippen molar-refractivity contribution in [3.8, 4) is 0 Å². The van der Waals surface area contributed by atoms with E-state index in [-0.39, 0.29) is 0 Å². The first-order valence-corrected chi connectivity index (χ1v) is 4.04. The lowest BCUT2D eigenvalue weighted by Gasteiger charge is -2.26. The zero-order chi connectivity index (χ0) is 9.78. The third-order valence-electron chi connectivity index (χ3n) is 1.99. The second-order valence-electron chi connectivity index (χ2n) is 3.11. The zero-order valence-corrected chi connectivity index (χ0v) is 7.58. The van der Waals surface area contributed by atoms with Gasteiger partial charge in [0.15, 0.2) is 0 Å². The Balaban J connectivity index is 4.49. The molecule has 0 aromatic rings. The second-order valence-corrected chi connectivity index (χ2v) is 3.11. The van der Waals surface area contributed by atoms with Gasteiger partial charge in [0.25, 0.3) is 0 Å². The maximum atomic E-state index is 10.7. The Morgan fingerprint density at radius 1 is 1.75 bits per heavy atom. The number of hydrogen-bond acceptors (Lipinski definition) is 2. The molecule has 0 aliphatic carbocycles. The highest BCUT2D eigenvalue weighted by Crippen LogP contribution is 2.23. The molecule has 0 aliphatic heterocycles. The Morgan fingerprint density at radius 2 is 2.25 bits per heavy atom. The van der Waals surface area contributed by atoms with Crippen LogP contribution >= 0.6 is 0 Å². The van der Waals surface area contributed by atoms with Gasteiger partial charge in [-0.3, -0.25) is 4.79 Å². The van der Waals surface area contributed by atoms with Gasteiger partial charge in [-0.25, -0.2) is 0 Å². The molecule has 3 nitrogen and oxygen atoms in total. The van der Waals surface area contributed by atoms with Crippen LogP contribution in [0.15, 0.2) is 12.7 Å². The van der Waals surface area contributed by atoms with Gasteiger partial charge in [-0.05, 0) is 13.3 Å². The number of hydrogen-bond donors (Lipinski definition) is 2. The fraction of sp³-hybridized carbons (Fsp3) is 0.667. The molecule has 0 saturated carbocycles. The van der Waals surface area contributed by atoms with Gasteiger partial charge in [-0.2, -0.15) is 0 Å². The molecule has 2 N–H and O–H groups in total. The summed E-state index contributed by atoms with van der Waals surface area (Å²) in [5.41, 5.74) is -1.30. The Kier molecular flexibility index (Phi) is 3.96. The maximum Gasteiger partial charge on any atom is 0.309 e. The molecule has 0 radical (unpaired) electrons. The molecule has 0 bridgehead atoms. The summed E-state index contributed by atoms with van der Waals surface area (Å²) >= 11 is 0. The molecule has 0 aliphatic rings. The SMILES string of the molecule is C=C[C@](C)(O)C(CCC)C(=O)O. The van der Waals surface area contributed by atoms with Crippen LogP contribution in [0.2, 0.25) is 0 Å². The van der Waals surface area contributed by atoms with Gasteiger partial charge in [-0.1, -0.05) is 19.4 Å². The third kappa shape index (κ3) is 2.66. The number of aliphatic hydroxyl groups is 1. The Labute approximate surface area is 72.7 Å². The summed E-state index contributed by atoms with van der Waals surface area (Å²) in [6, 6.07) is 0. The zero-order valence-electron chi connectivity index (χ0n) is 7.58. The minimum absolute atomic E-state index is 0.467. The van der Waals surface area contributed by atoms with Gasteiger partial charge in [0, 0.05) is 0 Å². The van der Waals surface area contributed by atoms with Crippen LogP contribution < -0.4 is 0 Å². The van der Waals surface area contributed by atoms with Crippen LogP contribution in [0.5, 0.6) is 0 Å². The number of carboxylic acids is 1. The predicted molar refractivity (Wildman–Crippen MR) is 46.9 cm³/mol. The van der Waals surface area contributed by atoms with Gasteiger partial charge < -0.3 is 10.2 Å². The van der Waals surface area contributed by atoms with Crippen molar-refractivity contribution in [3.05, 3.63) is 12.7 Å². The summed E-state index contributed by atoms with van der Waals surface area (Å²) in [5.74, 6) is -1.72. The number of carboxylic acid groups (broad SMARTS) is 1. The molecule has 0 spiro atoms. The summed E-state index contributed by atoms with van der Waals surface area (Å²) < 4.78 is 0. The topological polar surface area (TPSA) is 57.5 Å². The molecule has 0 aromatic heterocycles. The van der Waals surface area contributed by atoms with Crippen LogP contribution in [0.4, 0.5) is 0 Å². The van der Waals surface area contributed by atoms with Crippen molar-refractivity contribution in [2.24, 2.45) is 5.92 Å². The second kappa shape index (κ2) is 4.26. The first-order valence-electron chi connectivity index (χ1n) is 4.04. The van der Waals surface area contributed by atoms with Crippen LogP contribution in [-0.4, -0.2) is 21.8 Å². The monoisotopic (exact) mass is 172 g/mol. The molecule has 0 amide bonds. The summed E-state index contributed by atoms with van der Waals surface area (Å²) in [5, 5.41) is 18.3. The highest BCUT2D eigenvalue weighted by atomic mass is 16.4. The average molecular weight is 172 g/mol. The Morgan fingerprint density at radius 3 is 2.50 bits per heavy atom. The van der Waals surface area contributed by atoms with E-state index in [1.807, 2.05) is 6.92 Å². The smallest absolute Gasteiger partial charge is 0.309 e. The summed E-state index contributed by atoms with van der Waals surface area (Å²) in [6.07, 6.45) is 2.48. The molecule has 2 atom stereocenters. The van der Waals surface area contributed by atoms with E-state index in [0.29, 0.717) is 6.42 Å². The highest BCUT2D eigenvalue weighted by Gasteiger charge is 2.33. The van der Waals surface area contributed by atoms with Crippen molar-refractivity contribution in [1.82, 2.24) is 0 Å². The van der Waals surface area contributed by atoms with Gasteiger partial charge >= 0.3 is 5.97 Å². The number of aliphatic carboxylic acids is 1. The lowest BCUT2D eigenvalue weighted by molar-refractivity contribution is -0.148. The van der Waals surface area contributed by atoms with Crippen LogP contribution in [0, 0.1) is 5.92 Å². The molecule has 70 valence electrons. The quantitative estimate of drug-likeness (QED) is 0.617. The molecular formula is C9H16O3. The minimum Gasteiger partial charge on any atom is -0.481 e. The third-order valence-corrected chi connectivity index (χ3v) is 1.99. The lowest BCUT2D eigenvalue weighted by atomic mass is 9.86. The van der Waals surface area contributed by atoms with E-state index in [0.717, 1.165) is 6.42 Å². The lowest BCUT2D eigenvalue weighted by Crippen LogP contribution is -2.37. The summed E-state index contributed by atoms with van der Waals surface area (Å²) in [7, 11) is 0. The van der Waals surface area contributed by atoms with Crippen LogP contribution in [0.1, 0.15) is 26.7 Å². The molecule has 0 saturated heterocycles. The molecule has 0 heterocycles. The maximum absolute atomic E-state index is 10.7. The van der Waals surface area contributed by atoms with E-state index >= 15 is 0 Å². The molecule has 12 heavy (non-hydrogen) atoms. The van der Waals surface area contributed by atoms with E-state index < -0.39 is 17.5 Å². The van der Waals surface area contributed by atoms with E-state index in [4.69, 9.17) is 5.11 Å². The van der Waals surface area contributed by atoms with E-state index in [9.17, 15) is 9.90 Å².